The van der Waals surface area contributed by atoms with Crippen LogP contribution in [0.15, 0.2) is 47.4 Å². The van der Waals surface area contributed by atoms with Crippen molar-refractivity contribution in [2.45, 2.75) is 6.92 Å². The molecule has 2 aromatic rings. The summed E-state index contributed by atoms with van der Waals surface area (Å²) in [5, 5.41) is 2.63. The first-order valence-electron chi connectivity index (χ1n) is 7.24. The van der Waals surface area contributed by atoms with E-state index in [9.17, 15) is 9.59 Å². The Morgan fingerprint density at radius 3 is 2.46 bits per heavy atom. The van der Waals surface area contributed by atoms with Crippen molar-refractivity contribution >= 4 is 63.8 Å². The number of halogens is 1. The van der Waals surface area contributed by atoms with Crippen LogP contribution >= 0.6 is 35.2 Å². The standard InChI is InChI=1S/C17H13ClN2O2S2/c1-2-19-15(21)14(10-13-4-3-9-24-13)16(22)20(17(19)23)12-7-5-11(18)6-8-12/h3-10H,2H2,1H3. The Labute approximate surface area is 153 Å². The molecule has 1 aromatic carbocycles. The van der Waals surface area contributed by atoms with Crippen LogP contribution in [-0.4, -0.2) is 28.4 Å². The zero-order valence-corrected chi connectivity index (χ0v) is 15.1. The van der Waals surface area contributed by atoms with E-state index in [1.54, 1.807) is 30.3 Å². The highest BCUT2D eigenvalue weighted by Crippen LogP contribution is 2.27. The fourth-order valence-electron chi connectivity index (χ4n) is 2.39. The Bertz CT molecular complexity index is 829. The van der Waals surface area contributed by atoms with Gasteiger partial charge in [-0.05, 0) is 60.9 Å². The molecule has 3 rings (SSSR count). The second-order valence-corrected chi connectivity index (χ2v) is 6.80. The number of thiophene rings is 1. The van der Waals surface area contributed by atoms with Gasteiger partial charge in [0.25, 0.3) is 11.8 Å². The summed E-state index contributed by atoms with van der Waals surface area (Å²) in [6, 6.07) is 10.5. The third-order valence-corrected chi connectivity index (χ3v) is 5.04. The van der Waals surface area contributed by atoms with Crippen LogP contribution < -0.4 is 4.90 Å². The molecule has 0 atom stereocenters. The lowest BCUT2D eigenvalue weighted by Gasteiger charge is -2.36. The van der Waals surface area contributed by atoms with Crippen LogP contribution in [0.3, 0.4) is 0 Å². The first kappa shape index (κ1) is 16.8. The Morgan fingerprint density at radius 2 is 1.88 bits per heavy atom. The number of carbonyl (C=O) groups is 2. The molecule has 1 aliphatic heterocycles. The monoisotopic (exact) mass is 376 g/mol. The van der Waals surface area contributed by atoms with Gasteiger partial charge in [-0.15, -0.1) is 11.3 Å². The van der Waals surface area contributed by atoms with Crippen molar-refractivity contribution in [1.29, 1.82) is 0 Å². The summed E-state index contributed by atoms with van der Waals surface area (Å²) in [4.78, 5) is 29.2. The molecular weight excluding hydrogens is 364 g/mol. The smallest absolute Gasteiger partial charge is 0.270 e. The molecular formula is C17H13ClN2O2S2. The molecule has 4 nitrogen and oxygen atoms in total. The molecule has 1 aromatic heterocycles. The van der Waals surface area contributed by atoms with Crippen LogP contribution in [-0.2, 0) is 9.59 Å². The summed E-state index contributed by atoms with van der Waals surface area (Å²) in [6.07, 6.45) is 1.61. The van der Waals surface area contributed by atoms with Crippen LogP contribution in [0.25, 0.3) is 6.08 Å². The second-order valence-electron chi connectivity index (χ2n) is 5.02. The van der Waals surface area contributed by atoms with Crippen molar-refractivity contribution in [1.82, 2.24) is 4.90 Å². The van der Waals surface area contributed by atoms with Gasteiger partial charge >= 0.3 is 0 Å². The molecule has 122 valence electrons. The Hall–Kier alpha value is -2.02. The molecule has 2 heterocycles. The number of thiocarbonyl (C=S) groups is 1. The third kappa shape index (κ3) is 3.00. The van der Waals surface area contributed by atoms with Crippen molar-refractivity contribution in [2.75, 3.05) is 11.4 Å². The fraction of sp³-hybridized carbons (Fsp3) is 0.118. The van der Waals surface area contributed by atoms with Crippen molar-refractivity contribution in [3.8, 4) is 0 Å². The van der Waals surface area contributed by atoms with Crippen LogP contribution in [0.4, 0.5) is 5.69 Å². The summed E-state index contributed by atoms with van der Waals surface area (Å²) >= 11 is 12.7. The molecule has 24 heavy (non-hydrogen) atoms. The summed E-state index contributed by atoms with van der Waals surface area (Å²) in [6.45, 7) is 2.21. The minimum Gasteiger partial charge on any atom is -0.285 e. The number of anilines is 1. The highest BCUT2D eigenvalue weighted by atomic mass is 35.5. The molecule has 1 saturated heterocycles. The number of amides is 2. The van der Waals surface area contributed by atoms with E-state index in [0.29, 0.717) is 17.3 Å². The van der Waals surface area contributed by atoms with E-state index in [-0.39, 0.29) is 16.6 Å². The van der Waals surface area contributed by atoms with Gasteiger partial charge in [0.15, 0.2) is 5.11 Å². The van der Waals surface area contributed by atoms with Gasteiger partial charge in [-0.3, -0.25) is 19.4 Å². The second kappa shape index (κ2) is 6.84. The summed E-state index contributed by atoms with van der Waals surface area (Å²) in [5.74, 6) is -0.795. The van der Waals surface area contributed by atoms with Crippen molar-refractivity contribution in [3.05, 3.63) is 57.3 Å². The lowest BCUT2D eigenvalue weighted by Crippen LogP contribution is -2.56. The molecule has 1 fully saturated rings. The van der Waals surface area contributed by atoms with Gasteiger partial charge in [0, 0.05) is 16.4 Å². The molecule has 0 saturated carbocycles. The van der Waals surface area contributed by atoms with Crippen molar-refractivity contribution < 1.29 is 9.59 Å². The largest absolute Gasteiger partial charge is 0.285 e. The predicted molar refractivity (Wildman–Crippen MR) is 101 cm³/mol. The third-order valence-electron chi connectivity index (χ3n) is 3.56. The van der Waals surface area contributed by atoms with E-state index < -0.39 is 5.91 Å². The van der Waals surface area contributed by atoms with E-state index in [2.05, 4.69) is 0 Å². The van der Waals surface area contributed by atoms with Gasteiger partial charge in [-0.2, -0.15) is 0 Å². The maximum atomic E-state index is 12.9. The Balaban J connectivity index is 2.08. The van der Waals surface area contributed by atoms with E-state index in [1.807, 2.05) is 24.4 Å². The van der Waals surface area contributed by atoms with Gasteiger partial charge in [-0.1, -0.05) is 17.7 Å². The topological polar surface area (TPSA) is 40.6 Å². The predicted octanol–water partition coefficient (Wildman–Crippen LogP) is 3.97. The van der Waals surface area contributed by atoms with Crippen LogP contribution in [0.2, 0.25) is 5.02 Å². The quantitative estimate of drug-likeness (QED) is 0.462. The van der Waals surface area contributed by atoms with Gasteiger partial charge in [-0.25, -0.2) is 0 Å². The molecule has 0 aliphatic carbocycles. The van der Waals surface area contributed by atoms with Gasteiger partial charge in [0.1, 0.15) is 5.57 Å². The summed E-state index contributed by atoms with van der Waals surface area (Å²) < 4.78 is 0. The average molecular weight is 377 g/mol. The maximum Gasteiger partial charge on any atom is 0.270 e. The molecule has 0 unspecified atom stereocenters. The van der Waals surface area contributed by atoms with Crippen LogP contribution in [0.5, 0.6) is 0 Å². The van der Waals surface area contributed by atoms with Crippen LogP contribution in [0, 0.1) is 0 Å². The average Bonchev–Trinajstić information content (AvgIpc) is 3.07. The summed E-state index contributed by atoms with van der Waals surface area (Å²) in [5.41, 5.74) is 0.681. The van der Waals surface area contributed by atoms with Gasteiger partial charge in [0.05, 0.1) is 5.69 Å². The van der Waals surface area contributed by atoms with Crippen LogP contribution in [0.1, 0.15) is 11.8 Å². The van der Waals surface area contributed by atoms with Gasteiger partial charge < -0.3 is 0 Å². The molecule has 1 aliphatic rings. The number of likely N-dealkylation sites (N-methyl/N-ethyl adjacent to an activating group) is 1. The Morgan fingerprint density at radius 1 is 1.17 bits per heavy atom. The number of hydrogen-bond donors (Lipinski definition) is 0. The van der Waals surface area contributed by atoms with Crippen molar-refractivity contribution in [3.63, 3.8) is 0 Å². The Kier molecular flexibility index (Phi) is 4.80. The normalized spacial score (nSPS) is 17.1. The molecule has 0 N–H and O–H groups in total. The fourth-order valence-corrected chi connectivity index (χ4v) is 3.57. The minimum absolute atomic E-state index is 0.0999. The first-order chi connectivity index (χ1) is 11.5. The van der Waals surface area contributed by atoms with E-state index in [4.69, 9.17) is 23.8 Å². The van der Waals surface area contributed by atoms with E-state index >= 15 is 0 Å². The zero-order chi connectivity index (χ0) is 17.3. The SMILES string of the molecule is CCN1C(=O)C(=Cc2cccs2)C(=O)N(c2ccc(Cl)cc2)C1=S. The number of carbonyl (C=O) groups excluding carboxylic acids is 2. The minimum atomic E-state index is -0.426. The molecule has 0 radical (unpaired) electrons. The highest BCUT2D eigenvalue weighted by molar-refractivity contribution is 7.80. The lowest BCUT2D eigenvalue weighted by atomic mass is 10.1. The van der Waals surface area contributed by atoms with Gasteiger partial charge in [0.2, 0.25) is 0 Å². The zero-order valence-electron chi connectivity index (χ0n) is 12.7. The van der Waals surface area contributed by atoms with E-state index in [0.717, 1.165) is 4.88 Å². The number of hydrogen-bond acceptors (Lipinski definition) is 4. The number of rotatable bonds is 3. The van der Waals surface area contributed by atoms with Crippen molar-refractivity contribution in [2.24, 2.45) is 0 Å². The number of benzene rings is 1. The lowest BCUT2D eigenvalue weighted by molar-refractivity contribution is -0.127. The molecule has 7 heteroatoms. The molecule has 0 bridgehead atoms. The van der Waals surface area contributed by atoms with E-state index in [1.165, 1.54) is 21.1 Å². The number of nitrogens with zero attached hydrogens (tertiary/aromatic N) is 2. The first-order valence-corrected chi connectivity index (χ1v) is 8.90. The maximum absolute atomic E-state index is 12.9. The molecule has 2 amide bonds. The summed E-state index contributed by atoms with van der Waals surface area (Å²) in [7, 11) is 0. The molecule has 0 spiro atoms. The highest BCUT2D eigenvalue weighted by Gasteiger charge is 2.39.